The van der Waals surface area contributed by atoms with Crippen LogP contribution in [-0.4, -0.2) is 22.4 Å². The Balaban J connectivity index is 2.67. The minimum Gasteiger partial charge on any atom is -0.378 e. The first-order valence-electron chi connectivity index (χ1n) is 5.38. The van der Waals surface area contributed by atoms with Crippen LogP contribution in [0.4, 0.5) is 0 Å². The Morgan fingerprint density at radius 2 is 2.07 bits per heavy atom. The molecule has 0 saturated carbocycles. The first-order valence-corrected chi connectivity index (χ1v) is 5.38. The Labute approximate surface area is 86.7 Å². The minimum absolute atomic E-state index is 0.247. The van der Waals surface area contributed by atoms with Crippen molar-refractivity contribution in [2.24, 2.45) is 0 Å². The molecule has 2 unspecified atom stereocenters. The van der Waals surface area contributed by atoms with Gasteiger partial charge in [0, 0.05) is 0 Å². The highest BCUT2D eigenvalue weighted by Crippen LogP contribution is 2.42. The van der Waals surface area contributed by atoms with E-state index in [0.29, 0.717) is 0 Å². The van der Waals surface area contributed by atoms with Crippen molar-refractivity contribution < 1.29 is 9.84 Å². The van der Waals surface area contributed by atoms with Gasteiger partial charge in [0.2, 0.25) is 0 Å². The molecule has 2 nitrogen and oxygen atoms in total. The standard InChI is InChI=1S/C12H20O2/c1-5-7-12(10(6-2)14-12)9-8-11(3,4)13/h10,13H,5-7H2,1-4H3. The Morgan fingerprint density at radius 1 is 1.43 bits per heavy atom. The van der Waals surface area contributed by atoms with Gasteiger partial charge in [0.15, 0.2) is 5.60 Å². The largest absolute Gasteiger partial charge is 0.378 e. The van der Waals surface area contributed by atoms with Crippen LogP contribution in [-0.2, 0) is 4.74 Å². The van der Waals surface area contributed by atoms with Crippen molar-refractivity contribution in [2.75, 3.05) is 0 Å². The third-order valence-corrected chi connectivity index (χ3v) is 2.39. The van der Waals surface area contributed by atoms with Crippen LogP contribution in [0.2, 0.25) is 0 Å². The van der Waals surface area contributed by atoms with Crippen molar-refractivity contribution in [3.8, 4) is 11.8 Å². The van der Waals surface area contributed by atoms with Crippen LogP contribution < -0.4 is 0 Å². The summed E-state index contributed by atoms with van der Waals surface area (Å²) in [6.45, 7) is 7.63. The van der Waals surface area contributed by atoms with Crippen LogP contribution in [0.25, 0.3) is 0 Å². The topological polar surface area (TPSA) is 32.8 Å². The van der Waals surface area contributed by atoms with Crippen molar-refractivity contribution in [3.63, 3.8) is 0 Å². The zero-order valence-electron chi connectivity index (χ0n) is 9.55. The number of hydrogen-bond acceptors (Lipinski definition) is 2. The Bertz CT molecular complexity index is 254. The molecule has 0 radical (unpaired) electrons. The lowest BCUT2D eigenvalue weighted by Crippen LogP contribution is -2.18. The second-order valence-corrected chi connectivity index (χ2v) is 4.46. The average Bonchev–Trinajstić information content (AvgIpc) is 2.76. The molecule has 0 aromatic carbocycles. The summed E-state index contributed by atoms with van der Waals surface area (Å²) in [5.41, 5.74) is -1.16. The summed E-state index contributed by atoms with van der Waals surface area (Å²) in [6.07, 6.45) is 3.31. The van der Waals surface area contributed by atoms with Crippen LogP contribution in [0.5, 0.6) is 0 Å². The van der Waals surface area contributed by atoms with Crippen molar-refractivity contribution in [1.82, 2.24) is 0 Å². The normalized spacial score (nSPS) is 30.8. The Morgan fingerprint density at radius 3 is 2.43 bits per heavy atom. The van der Waals surface area contributed by atoms with Crippen LogP contribution in [0.1, 0.15) is 47.0 Å². The third-order valence-electron chi connectivity index (χ3n) is 2.39. The molecule has 14 heavy (non-hydrogen) atoms. The molecule has 1 fully saturated rings. The molecule has 1 heterocycles. The number of aliphatic hydroxyl groups is 1. The van der Waals surface area contributed by atoms with Gasteiger partial charge in [-0.15, -0.1) is 0 Å². The zero-order chi connectivity index (χ0) is 10.8. The quantitative estimate of drug-likeness (QED) is 0.554. The first-order chi connectivity index (χ1) is 6.43. The molecule has 1 aliphatic rings. The maximum atomic E-state index is 9.51. The van der Waals surface area contributed by atoms with E-state index in [0.717, 1.165) is 19.3 Å². The monoisotopic (exact) mass is 196 g/mol. The van der Waals surface area contributed by atoms with Crippen molar-refractivity contribution in [1.29, 1.82) is 0 Å². The second kappa shape index (κ2) is 3.92. The lowest BCUT2D eigenvalue weighted by Gasteiger charge is -2.08. The molecule has 0 amide bonds. The molecule has 0 aliphatic carbocycles. The van der Waals surface area contributed by atoms with E-state index < -0.39 is 5.60 Å². The molecule has 2 atom stereocenters. The molecule has 1 saturated heterocycles. The molecule has 1 N–H and O–H groups in total. The fourth-order valence-corrected chi connectivity index (χ4v) is 1.66. The number of ether oxygens (including phenoxy) is 1. The molecule has 0 aromatic rings. The summed E-state index contributed by atoms with van der Waals surface area (Å²) in [5.74, 6) is 5.94. The van der Waals surface area contributed by atoms with E-state index in [2.05, 4.69) is 25.7 Å². The van der Waals surface area contributed by atoms with Gasteiger partial charge >= 0.3 is 0 Å². The van der Waals surface area contributed by atoms with Crippen molar-refractivity contribution in [3.05, 3.63) is 0 Å². The van der Waals surface area contributed by atoms with Gasteiger partial charge < -0.3 is 9.84 Å². The van der Waals surface area contributed by atoms with Crippen LogP contribution in [0.15, 0.2) is 0 Å². The van der Waals surface area contributed by atoms with Crippen LogP contribution in [0.3, 0.4) is 0 Å². The second-order valence-electron chi connectivity index (χ2n) is 4.46. The summed E-state index contributed by atoms with van der Waals surface area (Å²) >= 11 is 0. The van der Waals surface area contributed by atoms with Crippen LogP contribution in [0, 0.1) is 11.8 Å². The van der Waals surface area contributed by atoms with Gasteiger partial charge in [-0.2, -0.15) is 0 Å². The molecule has 0 spiro atoms. The van der Waals surface area contributed by atoms with E-state index >= 15 is 0 Å². The first kappa shape index (κ1) is 11.6. The van der Waals surface area contributed by atoms with Gasteiger partial charge in [0.05, 0.1) is 6.10 Å². The fourth-order valence-electron chi connectivity index (χ4n) is 1.66. The molecule has 0 aromatic heterocycles. The van der Waals surface area contributed by atoms with Gasteiger partial charge in [0.1, 0.15) is 5.60 Å². The van der Waals surface area contributed by atoms with Crippen LogP contribution >= 0.6 is 0 Å². The van der Waals surface area contributed by atoms with E-state index in [1.807, 2.05) is 0 Å². The lowest BCUT2D eigenvalue weighted by atomic mass is 9.97. The SMILES string of the molecule is CCCC1(C#CC(C)(C)O)OC1CC. The minimum atomic E-state index is -0.912. The fraction of sp³-hybridized carbons (Fsp3) is 0.833. The smallest absolute Gasteiger partial charge is 0.155 e. The lowest BCUT2D eigenvalue weighted by molar-refractivity contribution is 0.143. The van der Waals surface area contributed by atoms with Gasteiger partial charge in [-0.1, -0.05) is 32.1 Å². The molecular weight excluding hydrogens is 176 g/mol. The zero-order valence-corrected chi connectivity index (χ0v) is 9.55. The third kappa shape index (κ3) is 2.73. The van der Waals surface area contributed by atoms with Gasteiger partial charge in [-0.05, 0) is 26.7 Å². The summed E-state index contributed by atoms with van der Waals surface area (Å²) in [4.78, 5) is 0. The Hall–Kier alpha value is -0.520. The maximum Gasteiger partial charge on any atom is 0.155 e. The molecular formula is C12H20O2. The predicted octanol–water partition coefficient (Wildman–Crippen LogP) is 2.11. The Kier molecular flexibility index (Phi) is 3.24. The predicted molar refractivity (Wildman–Crippen MR) is 56.9 cm³/mol. The van der Waals surface area contributed by atoms with E-state index in [9.17, 15) is 5.11 Å². The maximum absolute atomic E-state index is 9.51. The number of rotatable bonds is 3. The van der Waals surface area contributed by atoms with Gasteiger partial charge in [0.25, 0.3) is 0 Å². The summed E-state index contributed by atoms with van der Waals surface area (Å²) < 4.78 is 5.60. The van der Waals surface area contributed by atoms with E-state index in [1.54, 1.807) is 13.8 Å². The highest BCUT2D eigenvalue weighted by Gasteiger charge is 2.53. The molecule has 0 bridgehead atoms. The van der Waals surface area contributed by atoms with Crippen molar-refractivity contribution >= 4 is 0 Å². The summed E-state index contributed by atoms with van der Waals surface area (Å²) in [7, 11) is 0. The highest BCUT2D eigenvalue weighted by molar-refractivity contribution is 5.28. The highest BCUT2D eigenvalue weighted by atomic mass is 16.6. The van der Waals surface area contributed by atoms with E-state index in [4.69, 9.17) is 4.74 Å². The molecule has 1 rings (SSSR count). The molecule has 1 aliphatic heterocycles. The van der Waals surface area contributed by atoms with E-state index in [-0.39, 0.29) is 11.7 Å². The number of hydrogen-bond donors (Lipinski definition) is 1. The van der Waals surface area contributed by atoms with Gasteiger partial charge in [-0.3, -0.25) is 0 Å². The average molecular weight is 196 g/mol. The van der Waals surface area contributed by atoms with Gasteiger partial charge in [-0.25, -0.2) is 0 Å². The summed E-state index contributed by atoms with van der Waals surface area (Å²) in [6, 6.07) is 0. The summed E-state index contributed by atoms with van der Waals surface area (Å²) in [5, 5.41) is 9.51. The number of epoxide rings is 1. The molecule has 2 heteroatoms. The van der Waals surface area contributed by atoms with Crippen molar-refractivity contribution in [2.45, 2.75) is 64.3 Å². The molecule has 80 valence electrons. The van der Waals surface area contributed by atoms with E-state index in [1.165, 1.54) is 0 Å².